The number of nitrogens with two attached hydrogens (primary N) is 1. The summed E-state index contributed by atoms with van der Waals surface area (Å²) in [5, 5.41) is 5.74. The van der Waals surface area contributed by atoms with E-state index in [0.717, 1.165) is 0 Å². The molecule has 1 aromatic carbocycles. The van der Waals surface area contributed by atoms with Gasteiger partial charge >= 0.3 is 0 Å². The average Bonchev–Trinajstić information content (AvgIpc) is 3.58. The van der Waals surface area contributed by atoms with Crippen LogP contribution in [-0.4, -0.2) is 27.5 Å². The summed E-state index contributed by atoms with van der Waals surface area (Å²) in [6, 6.07) is 7.81. The van der Waals surface area contributed by atoms with E-state index in [4.69, 9.17) is 10.5 Å². The summed E-state index contributed by atoms with van der Waals surface area (Å²) in [5.41, 5.74) is 7.33. The maximum atomic E-state index is 14.2. The third-order valence-electron chi connectivity index (χ3n) is 4.64. The van der Waals surface area contributed by atoms with Crippen LogP contribution >= 0.6 is 0 Å². The van der Waals surface area contributed by atoms with E-state index in [1.807, 2.05) is 0 Å². The molecule has 4 N–H and O–H groups in total. The molecule has 4 rings (SSSR count). The first kappa shape index (κ1) is 19.6. The lowest BCUT2D eigenvalue weighted by atomic mass is 10.1. The van der Waals surface area contributed by atoms with Crippen molar-refractivity contribution < 1.29 is 13.9 Å². The minimum Gasteiger partial charge on any atom is -0.476 e. The number of carbonyl (C=O) groups excluding carboxylic acids is 1. The Bertz CT molecular complexity index is 1040. The lowest BCUT2D eigenvalue weighted by Crippen LogP contribution is -2.15. The Morgan fingerprint density at radius 1 is 1.20 bits per heavy atom. The van der Waals surface area contributed by atoms with Crippen molar-refractivity contribution in [2.24, 2.45) is 5.92 Å². The van der Waals surface area contributed by atoms with Gasteiger partial charge in [-0.3, -0.25) is 4.79 Å². The molecule has 1 amide bonds. The van der Waals surface area contributed by atoms with Gasteiger partial charge in [0.05, 0.1) is 24.7 Å². The highest BCUT2D eigenvalue weighted by Gasteiger charge is 2.22. The van der Waals surface area contributed by atoms with Gasteiger partial charge in [-0.05, 0) is 49.1 Å². The van der Waals surface area contributed by atoms with Crippen molar-refractivity contribution in [1.29, 1.82) is 0 Å². The second kappa shape index (κ2) is 8.73. The number of pyridine rings is 1. The number of hydrogen-bond acceptors (Lipinski definition) is 7. The molecule has 1 aliphatic carbocycles. The zero-order chi connectivity index (χ0) is 20.9. The molecule has 8 nitrogen and oxygen atoms in total. The Morgan fingerprint density at radius 2 is 2.07 bits per heavy atom. The molecule has 9 heteroatoms. The molecule has 1 aliphatic rings. The molecule has 1 saturated carbocycles. The Labute approximate surface area is 172 Å². The highest BCUT2D eigenvalue weighted by Crippen LogP contribution is 2.29. The molecule has 3 aromatic rings. The topological polar surface area (TPSA) is 115 Å². The third kappa shape index (κ3) is 4.99. The number of carbonyl (C=O) groups is 1. The van der Waals surface area contributed by atoms with Crippen LogP contribution in [0.25, 0.3) is 0 Å². The first-order chi connectivity index (χ1) is 14.6. The second-order valence-corrected chi connectivity index (χ2v) is 7.04. The summed E-state index contributed by atoms with van der Waals surface area (Å²) in [4.78, 5) is 24.6. The predicted molar refractivity (Wildman–Crippen MR) is 111 cm³/mol. The van der Waals surface area contributed by atoms with Gasteiger partial charge in [-0.1, -0.05) is 0 Å². The lowest BCUT2D eigenvalue weighted by molar-refractivity contribution is 0.102. The maximum Gasteiger partial charge on any atom is 0.275 e. The summed E-state index contributed by atoms with van der Waals surface area (Å²) in [5.74, 6) is 0.471. The normalized spacial score (nSPS) is 13.0. The fourth-order valence-electron chi connectivity index (χ4n) is 2.74. The van der Waals surface area contributed by atoms with Gasteiger partial charge < -0.3 is 21.1 Å². The number of aromatic nitrogens is 3. The van der Waals surface area contributed by atoms with Crippen LogP contribution in [-0.2, 0) is 6.54 Å². The number of nitrogens with one attached hydrogen (secondary N) is 2. The number of ether oxygens (including phenoxy) is 1. The van der Waals surface area contributed by atoms with Gasteiger partial charge in [0.15, 0.2) is 0 Å². The van der Waals surface area contributed by atoms with Gasteiger partial charge in [-0.2, -0.15) is 0 Å². The van der Waals surface area contributed by atoms with Crippen molar-refractivity contribution in [3.63, 3.8) is 0 Å². The zero-order valence-electron chi connectivity index (χ0n) is 16.1. The highest BCUT2D eigenvalue weighted by atomic mass is 19.1. The number of nitrogens with zero attached hydrogens (tertiary/aromatic N) is 3. The van der Waals surface area contributed by atoms with Crippen molar-refractivity contribution in [3.05, 3.63) is 66.0 Å². The van der Waals surface area contributed by atoms with Crippen LogP contribution in [0.15, 0.2) is 48.9 Å². The van der Waals surface area contributed by atoms with Crippen molar-refractivity contribution in [3.8, 4) is 5.88 Å². The molecule has 154 valence electrons. The molecule has 0 bridgehead atoms. The van der Waals surface area contributed by atoms with Crippen molar-refractivity contribution >= 4 is 23.1 Å². The summed E-state index contributed by atoms with van der Waals surface area (Å²) >= 11 is 0. The minimum absolute atomic E-state index is 0.140. The van der Waals surface area contributed by atoms with Crippen molar-refractivity contribution in [1.82, 2.24) is 15.0 Å². The third-order valence-corrected chi connectivity index (χ3v) is 4.64. The molecule has 0 atom stereocenters. The molecule has 0 spiro atoms. The summed E-state index contributed by atoms with van der Waals surface area (Å²) < 4.78 is 19.7. The Kier molecular flexibility index (Phi) is 5.69. The quantitative estimate of drug-likeness (QED) is 0.524. The Morgan fingerprint density at radius 3 is 2.80 bits per heavy atom. The number of amides is 1. The molecule has 1 fully saturated rings. The lowest BCUT2D eigenvalue weighted by Gasteiger charge is -2.11. The van der Waals surface area contributed by atoms with Crippen LogP contribution in [0.3, 0.4) is 0 Å². The van der Waals surface area contributed by atoms with E-state index in [0.29, 0.717) is 41.2 Å². The van der Waals surface area contributed by atoms with Gasteiger partial charge in [-0.15, -0.1) is 0 Å². The number of hydrogen-bond donors (Lipinski definition) is 3. The van der Waals surface area contributed by atoms with Gasteiger partial charge in [-0.25, -0.2) is 19.3 Å². The highest BCUT2D eigenvalue weighted by molar-refractivity contribution is 6.02. The molecule has 0 saturated heterocycles. The first-order valence-corrected chi connectivity index (χ1v) is 9.57. The van der Waals surface area contributed by atoms with Gasteiger partial charge in [0.2, 0.25) is 5.88 Å². The Balaban J connectivity index is 1.38. The van der Waals surface area contributed by atoms with E-state index in [-0.39, 0.29) is 12.2 Å². The van der Waals surface area contributed by atoms with E-state index in [2.05, 4.69) is 25.6 Å². The molecular weight excluding hydrogens is 387 g/mol. The number of halogens is 1. The average molecular weight is 408 g/mol. The number of nitrogen functional groups attached to an aromatic ring is 1. The SMILES string of the molecule is Nc1ncccc1NCc1cc(NC(=O)c2cnc(OCC3CC3)cn2)ccc1F. The van der Waals surface area contributed by atoms with Crippen LogP contribution in [0.1, 0.15) is 28.9 Å². The number of anilines is 3. The largest absolute Gasteiger partial charge is 0.476 e. The molecule has 0 radical (unpaired) electrons. The predicted octanol–water partition coefficient (Wildman–Crippen LogP) is 3.25. The number of rotatable bonds is 8. The molecule has 0 unspecified atom stereocenters. The van der Waals surface area contributed by atoms with E-state index >= 15 is 0 Å². The van der Waals surface area contributed by atoms with Crippen LogP contribution in [0.5, 0.6) is 5.88 Å². The van der Waals surface area contributed by atoms with Crippen molar-refractivity contribution in [2.75, 3.05) is 23.0 Å². The smallest absolute Gasteiger partial charge is 0.275 e. The fourth-order valence-corrected chi connectivity index (χ4v) is 2.74. The van der Waals surface area contributed by atoms with E-state index in [1.165, 1.54) is 37.4 Å². The minimum atomic E-state index is -0.446. The van der Waals surface area contributed by atoms with E-state index in [9.17, 15) is 9.18 Å². The van der Waals surface area contributed by atoms with Gasteiger partial charge in [0.1, 0.15) is 17.3 Å². The van der Waals surface area contributed by atoms with Gasteiger partial charge in [0.25, 0.3) is 5.91 Å². The molecule has 2 heterocycles. The summed E-state index contributed by atoms with van der Waals surface area (Å²) in [6.07, 6.45) is 6.72. The van der Waals surface area contributed by atoms with Crippen LogP contribution < -0.4 is 21.1 Å². The molecule has 30 heavy (non-hydrogen) atoms. The van der Waals surface area contributed by atoms with E-state index in [1.54, 1.807) is 24.4 Å². The monoisotopic (exact) mass is 408 g/mol. The molecule has 0 aliphatic heterocycles. The van der Waals surface area contributed by atoms with Gasteiger partial charge in [0, 0.05) is 24.0 Å². The van der Waals surface area contributed by atoms with Crippen LogP contribution in [0.2, 0.25) is 0 Å². The van der Waals surface area contributed by atoms with E-state index < -0.39 is 11.7 Å². The Hall–Kier alpha value is -3.75. The fraction of sp³-hybridized carbons (Fsp3) is 0.238. The molecular formula is C21H21FN6O2. The standard InChI is InChI=1S/C21H21FN6O2/c22-16-6-5-15(8-14(16)9-25-17-2-1-7-24-20(17)23)28-21(29)18-10-27-19(11-26-18)30-12-13-3-4-13/h1-2,5-8,10-11,13,25H,3-4,9,12H2,(H2,23,24)(H,28,29). The zero-order valence-corrected chi connectivity index (χ0v) is 16.1. The number of benzene rings is 1. The first-order valence-electron chi connectivity index (χ1n) is 9.57. The molecule has 2 aromatic heterocycles. The van der Waals surface area contributed by atoms with Crippen LogP contribution in [0, 0.1) is 11.7 Å². The van der Waals surface area contributed by atoms with Crippen LogP contribution in [0.4, 0.5) is 21.6 Å². The summed E-state index contributed by atoms with van der Waals surface area (Å²) in [6.45, 7) is 0.801. The second-order valence-electron chi connectivity index (χ2n) is 7.04. The van der Waals surface area contributed by atoms with Crippen molar-refractivity contribution in [2.45, 2.75) is 19.4 Å². The summed E-state index contributed by atoms with van der Waals surface area (Å²) in [7, 11) is 0. The maximum absolute atomic E-state index is 14.2.